The third-order valence-corrected chi connectivity index (χ3v) is 3.26. The van der Waals surface area contributed by atoms with Crippen LogP contribution in [-0.4, -0.2) is 10.4 Å². The van der Waals surface area contributed by atoms with Gasteiger partial charge in [-0.05, 0) is 24.3 Å². The summed E-state index contributed by atoms with van der Waals surface area (Å²) in [6.45, 7) is -0.124. The van der Waals surface area contributed by atoms with Gasteiger partial charge in [-0.3, -0.25) is 9.59 Å². The van der Waals surface area contributed by atoms with Gasteiger partial charge >= 0.3 is 0 Å². The smallest absolute Gasteiger partial charge is 0.251 e. The number of Topliss-reactive ketones (excluding diaryl/α,β-unsaturated/α-hetero) is 1. The van der Waals surface area contributed by atoms with Gasteiger partial charge in [-0.1, -0.05) is 34.8 Å². The number of hydrogen-bond donors (Lipinski definition) is 0. The molecule has 0 aliphatic heterocycles. The summed E-state index contributed by atoms with van der Waals surface area (Å²) in [6.07, 6.45) is 1.41. The predicted octanol–water partition coefficient (Wildman–Crippen LogP) is 3.69. The zero-order valence-electron chi connectivity index (χ0n) is 9.57. The second-order valence-corrected chi connectivity index (χ2v) is 5.14. The molecule has 0 spiro atoms. The van der Waals surface area contributed by atoms with Gasteiger partial charge in [0.2, 0.25) is 0 Å². The Morgan fingerprint density at radius 2 is 1.74 bits per heavy atom. The molecular formula is C13H8Cl3NO2. The van der Waals surface area contributed by atoms with Gasteiger partial charge in [-0.15, -0.1) is 0 Å². The van der Waals surface area contributed by atoms with E-state index in [2.05, 4.69) is 0 Å². The fraction of sp³-hybridized carbons (Fsp3) is 0.0769. The van der Waals surface area contributed by atoms with Crippen LogP contribution < -0.4 is 5.56 Å². The van der Waals surface area contributed by atoms with Crippen molar-refractivity contribution in [2.24, 2.45) is 0 Å². The molecule has 0 unspecified atom stereocenters. The zero-order valence-corrected chi connectivity index (χ0v) is 11.8. The molecule has 0 saturated heterocycles. The van der Waals surface area contributed by atoms with E-state index >= 15 is 0 Å². The number of benzene rings is 1. The lowest BCUT2D eigenvalue weighted by Gasteiger charge is -2.07. The molecule has 0 saturated carbocycles. The Kier molecular flexibility index (Phi) is 4.30. The number of hydrogen-bond acceptors (Lipinski definition) is 2. The van der Waals surface area contributed by atoms with Crippen molar-refractivity contribution in [3.8, 4) is 0 Å². The standard InChI is InChI=1S/C13H8Cl3NO2/c14-8-1-3-10(11(16)5-8)12(18)7-17-6-9(15)2-4-13(17)19/h1-6H,7H2. The van der Waals surface area contributed by atoms with Crippen LogP contribution in [0.1, 0.15) is 10.4 Å². The van der Waals surface area contributed by atoms with Crippen molar-refractivity contribution in [2.45, 2.75) is 6.54 Å². The Hall–Kier alpha value is -1.29. The lowest BCUT2D eigenvalue weighted by molar-refractivity contribution is 0.0971. The van der Waals surface area contributed by atoms with Crippen molar-refractivity contribution in [3.63, 3.8) is 0 Å². The fourth-order valence-electron chi connectivity index (χ4n) is 1.58. The van der Waals surface area contributed by atoms with Crippen molar-refractivity contribution in [2.75, 3.05) is 0 Å². The Labute approximate surface area is 124 Å². The Morgan fingerprint density at radius 1 is 1.05 bits per heavy atom. The molecule has 0 radical (unpaired) electrons. The Morgan fingerprint density at radius 3 is 2.42 bits per heavy atom. The van der Waals surface area contributed by atoms with Crippen LogP contribution in [-0.2, 0) is 6.54 Å². The van der Waals surface area contributed by atoms with Crippen molar-refractivity contribution >= 4 is 40.6 Å². The number of halogens is 3. The van der Waals surface area contributed by atoms with Crippen LogP contribution in [0.4, 0.5) is 0 Å². The van der Waals surface area contributed by atoms with Gasteiger partial charge in [0, 0.05) is 22.8 Å². The van der Waals surface area contributed by atoms with Gasteiger partial charge in [0.15, 0.2) is 5.78 Å². The molecule has 0 atom stereocenters. The van der Waals surface area contributed by atoms with Gasteiger partial charge in [0.25, 0.3) is 5.56 Å². The summed E-state index contributed by atoms with van der Waals surface area (Å²) < 4.78 is 1.23. The van der Waals surface area contributed by atoms with Crippen molar-refractivity contribution in [1.82, 2.24) is 4.57 Å². The molecule has 1 aromatic carbocycles. The lowest BCUT2D eigenvalue weighted by atomic mass is 10.1. The number of carbonyl (C=O) groups excluding carboxylic acids is 1. The van der Waals surface area contributed by atoms with Crippen molar-refractivity contribution < 1.29 is 4.79 Å². The third-order valence-electron chi connectivity index (χ3n) is 2.49. The summed E-state index contributed by atoms with van der Waals surface area (Å²) in [5.41, 5.74) is 0.0146. The SMILES string of the molecule is O=C(Cn1cc(Cl)ccc1=O)c1ccc(Cl)cc1Cl. The highest BCUT2D eigenvalue weighted by Crippen LogP contribution is 2.21. The van der Waals surface area contributed by atoms with E-state index < -0.39 is 0 Å². The Bertz CT molecular complexity index is 695. The fourth-order valence-corrected chi connectivity index (χ4v) is 2.28. The molecule has 6 heteroatoms. The highest BCUT2D eigenvalue weighted by atomic mass is 35.5. The maximum Gasteiger partial charge on any atom is 0.251 e. The van der Waals surface area contributed by atoms with Gasteiger partial charge < -0.3 is 4.57 Å². The average molecular weight is 317 g/mol. The molecule has 19 heavy (non-hydrogen) atoms. The van der Waals surface area contributed by atoms with Gasteiger partial charge in [-0.2, -0.15) is 0 Å². The maximum atomic E-state index is 12.1. The predicted molar refractivity (Wildman–Crippen MR) is 76.5 cm³/mol. The molecule has 3 nitrogen and oxygen atoms in total. The molecule has 0 aliphatic carbocycles. The molecule has 1 heterocycles. The molecule has 0 bridgehead atoms. The van der Waals surface area contributed by atoms with E-state index in [1.165, 1.54) is 35.0 Å². The van der Waals surface area contributed by atoms with Gasteiger partial charge in [0.05, 0.1) is 16.6 Å². The number of rotatable bonds is 3. The van der Waals surface area contributed by atoms with E-state index in [1.54, 1.807) is 6.07 Å². The van der Waals surface area contributed by atoms with Crippen LogP contribution in [0.15, 0.2) is 41.3 Å². The Balaban J connectivity index is 2.31. The van der Waals surface area contributed by atoms with Gasteiger partial charge in [0.1, 0.15) is 0 Å². The second kappa shape index (κ2) is 5.78. The molecule has 0 fully saturated rings. The third kappa shape index (κ3) is 3.38. The molecule has 2 rings (SSSR count). The first-order chi connectivity index (χ1) is 8.97. The van der Waals surface area contributed by atoms with Crippen LogP contribution in [0.5, 0.6) is 0 Å². The first-order valence-electron chi connectivity index (χ1n) is 5.31. The molecule has 0 N–H and O–H groups in total. The van der Waals surface area contributed by atoms with Crippen LogP contribution in [0.25, 0.3) is 0 Å². The van der Waals surface area contributed by atoms with E-state index in [-0.39, 0.29) is 22.9 Å². The summed E-state index contributed by atoms with van der Waals surface area (Å²) >= 11 is 17.5. The quantitative estimate of drug-likeness (QED) is 0.810. The molecule has 2 aromatic rings. The van der Waals surface area contributed by atoms with E-state index in [0.29, 0.717) is 15.6 Å². The summed E-state index contributed by atoms with van der Waals surface area (Å²) in [7, 11) is 0. The summed E-state index contributed by atoms with van der Waals surface area (Å²) in [5, 5.41) is 1.09. The average Bonchev–Trinajstić information content (AvgIpc) is 2.33. The number of ketones is 1. The minimum atomic E-state index is -0.303. The zero-order chi connectivity index (χ0) is 14.0. The van der Waals surface area contributed by atoms with E-state index in [1.807, 2.05) is 0 Å². The lowest BCUT2D eigenvalue weighted by Crippen LogP contribution is -2.23. The number of aromatic nitrogens is 1. The first kappa shape index (κ1) is 14.1. The summed E-state index contributed by atoms with van der Waals surface area (Å²) in [5.74, 6) is -0.286. The second-order valence-electron chi connectivity index (χ2n) is 3.86. The first-order valence-corrected chi connectivity index (χ1v) is 6.45. The largest absolute Gasteiger partial charge is 0.306 e. The minimum Gasteiger partial charge on any atom is -0.306 e. The van der Waals surface area contributed by atoms with Crippen LogP contribution >= 0.6 is 34.8 Å². The van der Waals surface area contributed by atoms with Crippen LogP contribution in [0, 0.1) is 0 Å². The van der Waals surface area contributed by atoms with E-state index in [9.17, 15) is 9.59 Å². The van der Waals surface area contributed by atoms with Gasteiger partial charge in [-0.25, -0.2) is 0 Å². The summed E-state index contributed by atoms with van der Waals surface area (Å²) in [4.78, 5) is 23.7. The minimum absolute atomic E-state index is 0.124. The molecule has 0 amide bonds. The van der Waals surface area contributed by atoms with Crippen LogP contribution in [0.2, 0.25) is 15.1 Å². The molecular weight excluding hydrogens is 309 g/mol. The molecule has 98 valence electrons. The summed E-state index contributed by atoms with van der Waals surface area (Å²) in [6, 6.07) is 7.36. The highest BCUT2D eigenvalue weighted by Gasteiger charge is 2.12. The van der Waals surface area contributed by atoms with E-state index in [4.69, 9.17) is 34.8 Å². The van der Waals surface area contributed by atoms with Crippen molar-refractivity contribution in [3.05, 3.63) is 67.5 Å². The monoisotopic (exact) mass is 315 g/mol. The molecule has 1 aromatic heterocycles. The van der Waals surface area contributed by atoms with Crippen molar-refractivity contribution in [1.29, 1.82) is 0 Å². The topological polar surface area (TPSA) is 39.1 Å². The normalized spacial score (nSPS) is 10.5. The van der Waals surface area contributed by atoms with Crippen LogP contribution in [0.3, 0.4) is 0 Å². The van der Waals surface area contributed by atoms with E-state index in [0.717, 1.165) is 0 Å². The number of carbonyl (C=O) groups is 1. The molecule has 0 aliphatic rings. The maximum absolute atomic E-state index is 12.1. The number of pyridine rings is 1. The number of nitrogens with zero attached hydrogens (tertiary/aromatic N) is 1. The highest BCUT2D eigenvalue weighted by molar-refractivity contribution is 6.36.